The van der Waals surface area contributed by atoms with Gasteiger partial charge in [-0.3, -0.25) is 4.79 Å². The third-order valence-electron chi connectivity index (χ3n) is 4.06. The van der Waals surface area contributed by atoms with Crippen molar-refractivity contribution in [2.24, 2.45) is 0 Å². The van der Waals surface area contributed by atoms with E-state index >= 15 is 0 Å². The molecular formula is C19H18FN3O3. The molecule has 0 radical (unpaired) electrons. The zero-order valence-electron chi connectivity index (χ0n) is 14.3. The summed E-state index contributed by atoms with van der Waals surface area (Å²) in [5.41, 5.74) is 1.99. The van der Waals surface area contributed by atoms with Gasteiger partial charge in [-0.25, -0.2) is 9.18 Å². The molecule has 0 fully saturated rings. The molecule has 6 nitrogen and oxygen atoms in total. The first-order valence-corrected chi connectivity index (χ1v) is 7.97. The fourth-order valence-electron chi connectivity index (χ4n) is 2.77. The van der Waals surface area contributed by atoms with Gasteiger partial charge in [0.2, 0.25) is 0 Å². The summed E-state index contributed by atoms with van der Waals surface area (Å²) in [6.07, 6.45) is 0. The number of hydrogen-bond donors (Lipinski definition) is 3. The highest BCUT2D eigenvalue weighted by molar-refractivity contribution is 6.06. The van der Waals surface area contributed by atoms with Gasteiger partial charge in [-0.2, -0.15) is 0 Å². The van der Waals surface area contributed by atoms with Crippen LogP contribution in [0.5, 0.6) is 5.75 Å². The fraction of sp³-hybridized carbons (Fsp3) is 0.158. The van der Waals surface area contributed by atoms with Gasteiger partial charge in [0.05, 0.1) is 18.7 Å². The number of nitrogens with one attached hydrogen (secondary N) is 3. The van der Waals surface area contributed by atoms with Crippen molar-refractivity contribution >= 4 is 17.6 Å². The molecule has 26 heavy (non-hydrogen) atoms. The lowest BCUT2D eigenvalue weighted by Crippen LogP contribution is -2.45. The van der Waals surface area contributed by atoms with E-state index in [1.54, 1.807) is 50.4 Å². The summed E-state index contributed by atoms with van der Waals surface area (Å²) in [4.78, 5) is 24.7. The molecule has 3 rings (SSSR count). The third kappa shape index (κ3) is 3.66. The molecule has 1 aliphatic heterocycles. The SMILES string of the molecule is COc1ccc(NC(=O)C2=C(C)NC(=O)N[C@@H]2c2ccc(F)cc2)cc1. The lowest BCUT2D eigenvalue weighted by atomic mass is 9.95. The van der Waals surface area contributed by atoms with E-state index in [0.717, 1.165) is 0 Å². The van der Waals surface area contributed by atoms with Crippen molar-refractivity contribution in [3.63, 3.8) is 0 Å². The molecule has 0 saturated carbocycles. The molecule has 7 heteroatoms. The van der Waals surface area contributed by atoms with E-state index in [-0.39, 0.29) is 11.7 Å². The minimum absolute atomic E-state index is 0.354. The van der Waals surface area contributed by atoms with Crippen LogP contribution in [0.1, 0.15) is 18.5 Å². The Morgan fingerprint density at radius 2 is 1.77 bits per heavy atom. The quantitative estimate of drug-likeness (QED) is 0.788. The predicted molar refractivity (Wildman–Crippen MR) is 95.1 cm³/mol. The minimum Gasteiger partial charge on any atom is -0.497 e. The van der Waals surface area contributed by atoms with Crippen molar-refractivity contribution in [2.75, 3.05) is 12.4 Å². The molecule has 0 saturated heterocycles. The van der Waals surface area contributed by atoms with Crippen LogP contribution >= 0.6 is 0 Å². The number of allylic oxidation sites excluding steroid dienone is 1. The molecule has 0 spiro atoms. The number of hydrogen-bond acceptors (Lipinski definition) is 3. The van der Waals surface area contributed by atoms with E-state index in [1.165, 1.54) is 12.1 Å². The molecular weight excluding hydrogens is 337 g/mol. The molecule has 3 N–H and O–H groups in total. The smallest absolute Gasteiger partial charge is 0.319 e. The average Bonchev–Trinajstić information content (AvgIpc) is 2.62. The molecule has 1 aliphatic rings. The average molecular weight is 355 g/mol. The molecule has 2 aromatic rings. The Labute approximate surface area is 150 Å². The van der Waals surface area contributed by atoms with Crippen LogP contribution in [0.15, 0.2) is 59.8 Å². The number of halogens is 1. The van der Waals surface area contributed by atoms with Crippen LogP contribution in [0.4, 0.5) is 14.9 Å². The van der Waals surface area contributed by atoms with Crippen molar-refractivity contribution in [3.8, 4) is 5.75 Å². The first kappa shape index (κ1) is 17.5. The van der Waals surface area contributed by atoms with E-state index in [9.17, 15) is 14.0 Å². The second-order valence-corrected chi connectivity index (χ2v) is 5.80. The number of anilines is 1. The summed E-state index contributed by atoms with van der Waals surface area (Å²) in [5, 5.41) is 8.11. The van der Waals surface area contributed by atoms with E-state index in [0.29, 0.717) is 28.3 Å². The van der Waals surface area contributed by atoms with Gasteiger partial charge in [0, 0.05) is 11.4 Å². The van der Waals surface area contributed by atoms with Crippen LogP contribution in [0.25, 0.3) is 0 Å². The van der Waals surface area contributed by atoms with Gasteiger partial charge < -0.3 is 20.7 Å². The van der Waals surface area contributed by atoms with Crippen LogP contribution in [0.2, 0.25) is 0 Å². The highest BCUT2D eigenvalue weighted by atomic mass is 19.1. The molecule has 1 heterocycles. The van der Waals surface area contributed by atoms with Gasteiger partial charge in [-0.15, -0.1) is 0 Å². The van der Waals surface area contributed by atoms with Crippen molar-refractivity contribution in [3.05, 3.63) is 71.2 Å². The standard InChI is InChI=1S/C19H18FN3O3/c1-11-16(18(24)22-14-7-9-15(26-2)10-8-14)17(23-19(25)21-11)12-3-5-13(20)6-4-12/h3-10,17H,1-2H3,(H,22,24)(H2,21,23,25)/t17-/m1/s1. The lowest BCUT2D eigenvalue weighted by Gasteiger charge is -2.28. The Bertz CT molecular complexity index is 861. The first-order chi connectivity index (χ1) is 12.5. The third-order valence-corrected chi connectivity index (χ3v) is 4.06. The van der Waals surface area contributed by atoms with Gasteiger partial charge in [0.15, 0.2) is 0 Å². The number of amides is 3. The number of benzene rings is 2. The Morgan fingerprint density at radius 1 is 1.12 bits per heavy atom. The first-order valence-electron chi connectivity index (χ1n) is 7.97. The maximum atomic E-state index is 13.2. The second kappa shape index (κ2) is 7.26. The second-order valence-electron chi connectivity index (χ2n) is 5.80. The minimum atomic E-state index is -0.678. The van der Waals surface area contributed by atoms with E-state index in [4.69, 9.17) is 4.74 Å². The predicted octanol–water partition coefficient (Wildman–Crippen LogP) is 3.10. The summed E-state index contributed by atoms with van der Waals surface area (Å²) in [6, 6.07) is 11.5. The van der Waals surface area contributed by atoms with E-state index in [2.05, 4.69) is 16.0 Å². The van der Waals surface area contributed by atoms with Gasteiger partial charge in [0.1, 0.15) is 11.6 Å². The monoisotopic (exact) mass is 355 g/mol. The highest BCUT2D eigenvalue weighted by Crippen LogP contribution is 2.28. The van der Waals surface area contributed by atoms with E-state index in [1.807, 2.05) is 0 Å². The summed E-state index contributed by atoms with van der Waals surface area (Å²) in [5.74, 6) is -0.0809. The molecule has 0 aliphatic carbocycles. The zero-order chi connectivity index (χ0) is 18.7. The van der Waals surface area contributed by atoms with Gasteiger partial charge in [0.25, 0.3) is 5.91 Å². The summed E-state index contributed by atoms with van der Waals surface area (Å²) >= 11 is 0. The van der Waals surface area contributed by atoms with Gasteiger partial charge in [-0.05, 0) is 48.9 Å². The number of carbonyl (C=O) groups is 2. The van der Waals surface area contributed by atoms with Crippen LogP contribution in [0, 0.1) is 5.82 Å². The fourth-order valence-corrected chi connectivity index (χ4v) is 2.77. The molecule has 0 aromatic heterocycles. The summed E-state index contributed by atoms with van der Waals surface area (Å²) in [7, 11) is 1.56. The zero-order valence-corrected chi connectivity index (χ0v) is 14.3. The summed E-state index contributed by atoms with van der Waals surface area (Å²) in [6.45, 7) is 1.65. The Hall–Kier alpha value is -3.35. The van der Waals surface area contributed by atoms with Crippen molar-refractivity contribution < 1.29 is 18.7 Å². The van der Waals surface area contributed by atoms with Crippen LogP contribution in [-0.2, 0) is 4.79 Å². The summed E-state index contributed by atoms with van der Waals surface area (Å²) < 4.78 is 18.3. The Morgan fingerprint density at radius 3 is 2.38 bits per heavy atom. The van der Waals surface area contributed by atoms with Crippen LogP contribution in [-0.4, -0.2) is 19.0 Å². The van der Waals surface area contributed by atoms with Crippen LogP contribution in [0.3, 0.4) is 0 Å². The van der Waals surface area contributed by atoms with Gasteiger partial charge in [-0.1, -0.05) is 12.1 Å². The molecule has 3 amide bonds. The highest BCUT2D eigenvalue weighted by Gasteiger charge is 2.31. The normalized spacial score (nSPS) is 16.6. The van der Waals surface area contributed by atoms with Crippen LogP contribution < -0.4 is 20.7 Å². The Balaban J connectivity index is 1.89. The molecule has 1 atom stereocenters. The van der Waals surface area contributed by atoms with E-state index < -0.39 is 12.1 Å². The number of carbonyl (C=O) groups excluding carboxylic acids is 2. The molecule has 0 bridgehead atoms. The number of methoxy groups -OCH3 is 1. The van der Waals surface area contributed by atoms with Gasteiger partial charge >= 0.3 is 6.03 Å². The topological polar surface area (TPSA) is 79.5 Å². The number of rotatable bonds is 4. The molecule has 0 unspecified atom stereocenters. The van der Waals surface area contributed by atoms with Crippen molar-refractivity contribution in [2.45, 2.75) is 13.0 Å². The Kier molecular flexibility index (Phi) is 4.88. The lowest BCUT2D eigenvalue weighted by molar-refractivity contribution is -0.113. The largest absolute Gasteiger partial charge is 0.497 e. The molecule has 2 aromatic carbocycles. The maximum absolute atomic E-state index is 13.2. The van der Waals surface area contributed by atoms with Crippen molar-refractivity contribution in [1.82, 2.24) is 10.6 Å². The van der Waals surface area contributed by atoms with Crippen molar-refractivity contribution in [1.29, 1.82) is 0 Å². The number of ether oxygens (including phenoxy) is 1. The molecule has 134 valence electrons. The number of urea groups is 1. The maximum Gasteiger partial charge on any atom is 0.319 e.